The number of hydrogen-bond acceptors (Lipinski definition) is 2. The average molecular weight is 298 g/mol. The molecular weight excluding hydrogens is 276 g/mol. The number of H-pyrrole nitrogens is 1. The number of carbonyl (C=O) groups excluding carboxylic acids is 1. The van der Waals surface area contributed by atoms with Gasteiger partial charge in [-0.15, -0.1) is 0 Å². The van der Waals surface area contributed by atoms with Crippen LogP contribution in [0.15, 0.2) is 47.3 Å². The van der Waals surface area contributed by atoms with Crippen molar-refractivity contribution in [2.75, 3.05) is 0 Å². The summed E-state index contributed by atoms with van der Waals surface area (Å²) < 4.78 is 0. The lowest BCUT2D eigenvalue weighted by molar-refractivity contribution is 0.0934. The van der Waals surface area contributed by atoms with Crippen LogP contribution >= 0.6 is 0 Å². The molecule has 2 aromatic rings. The van der Waals surface area contributed by atoms with Crippen molar-refractivity contribution in [1.29, 1.82) is 0 Å². The summed E-state index contributed by atoms with van der Waals surface area (Å²) in [6.07, 6.45) is 0.881. The van der Waals surface area contributed by atoms with Crippen molar-refractivity contribution in [1.82, 2.24) is 10.3 Å². The molecule has 1 atom stereocenters. The van der Waals surface area contributed by atoms with Gasteiger partial charge >= 0.3 is 0 Å². The van der Waals surface area contributed by atoms with E-state index in [2.05, 4.69) is 24.1 Å². The van der Waals surface area contributed by atoms with Gasteiger partial charge in [0.05, 0.1) is 0 Å². The van der Waals surface area contributed by atoms with Gasteiger partial charge in [0, 0.05) is 11.7 Å². The van der Waals surface area contributed by atoms with Gasteiger partial charge in [0.2, 0.25) is 0 Å². The number of carbonyl (C=O) groups is 1. The van der Waals surface area contributed by atoms with Gasteiger partial charge in [-0.1, -0.05) is 44.2 Å². The molecule has 4 heteroatoms. The molecule has 0 spiro atoms. The zero-order chi connectivity index (χ0) is 16.1. The molecule has 0 bridgehead atoms. The Bertz CT molecular complexity index is 690. The Morgan fingerprint density at radius 1 is 1.09 bits per heavy atom. The van der Waals surface area contributed by atoms with Crippen LogP contribution in [0.2, 0.25) is 0 Å². The number of aromatic nitrogens is 1. The lowest BCUT2D eigenvalue weighted by atomic mass is 10.0. The van der Waals surface area contributed by atoms with Crippen molar-refractivity contribution in [2.45, 2.75) is 33.2 Å². The molecule has 1 amide bonds. The summed E-state index contributed by atoms with van der Waals surface area (Å²) in [4.78, 5) is 27.1. The molecule has 0 fully saturated rings. The summed E-state index contributed by atoms with van der Waals surface area (Å²) in [5, 5.41) is 2.87. The average Bonchev–Trinajstić information content (AvgIpc) is 2.46. The van der Waals surface area contributed by atoms with Gasteiger partial charge in [-0.2, -0.15) is 0 Å². The summed E-state index contributed by atoms with van der Waals surface area (Å²) in [6.45, 7) is 6.15. The zero-order valence-electron chi connectivity index (χ0n) is 13.2. The van der Waals surface area contributed by atoms with Crippen molar-refractivity contribution in [3.63, 3.8) is 0 Å². The topological polar surface area (TPSA) is 62.0 Å². The summed E-state index contributed by atoms with van der Waals surface area (Å²) in [6, 6.07) is 12.9. The Balaban J connectivity index is 2.16. The van der Waals surface area contributed by atoms with Crippen molar-refractivity contribution in [3.05, 3.63) is 58.4 Å². The van der Waals surface area contributed by atoms with Gasteiger partial charge in [-0.05, 0) is 37.0 Å². The second-order valence-electron chi connectivity index (χ2n) is 5.98. The molecule has 2 rings (SSSR count). The van der Waals surface area contributed by atoms with Crippen LogP contribution in [-0.2, 0) is 0 Å². The van der Waals surface area contributed by atoms with Gasteiger partial charge in [0.1, 0.15) is 5.56 Å². The zero-order valence-corrected chi connectivity index (χ0v) is 13.2. The fraction of sp³-hybridized carbons (Fsp3) is 0.333. The van der Waals surface area contributed by atoms with Crippen LogP contribution in [0.3, 0.4) is 0 Å². The number of rotatable bonds is 5. The first-order chi connectivity index (χ1) is 10.5. The van der Waals surface area contributed by atoms with Crippen molar-refractivity contribution in [2.24, 2.45) is 5.92 Å². The summed E-state index contributed by atoms with van der Waals surface area (Å²) in [5.74, 6) is 0.169. The minimum atomic E-state index is -0.365. The summed E-state index contributed by atoms with van der Waals surface area (Å²) in [7, 11) is 0. The first-order valence-electron chi connectivity index (χ1n) is 7.57. The summed E-state index contributed by atoms with van der Waals surface area (Å²) in [5.41, 5.74) is 1.41. The first-order valence-corrected chi connectivity index (χ1v) is 7.57. The molecule has 22 heavy (non-hydrogen) atoms. The van der Waals surface area contributed by atoms with Gasteiger partial charge in [0.25, 0.3) is 11.5 Å². The van der Waals surface area contributed by atoms with Crippen molar-refractivity contribution in [3.8, 4) is 11.3 Å². The number of aromatic amines is 1. The Morgan fingerprint density at radius 2 is 1.77 bits per heavy atom. The van der Waals surface area contributed by atoms with E-state index in [1.165, 1.54) is 0 Å². The number of amides is 1. The van der Waals surface area contributed by atoms with E-state index in [4.69, 9.17) is 0 Å². The normalized spacial score (nSPS) is 12.2. The molecule has 1 aromatic heterocycles. The molecule has 116 valence electrons. The molecule has 1 heterocycles. The van der Waals surface area contributed by atoms with E-state index in [0.29, 0.717) is 11.6 Å². The van der Waals surface area contributed by atoms with Gasteiger partial charge in [-0.3, -0.25) is 9.59 Å². The molecule has 0 radical (unpaired) electrons. The second-order valence-corrected chi connectivity index (χ2v) is 5.98. The Labute approximate surface area is 130 Å². The van der Waals surface area contributed by atoms with Crippen LogP contribution in [0, 0.1) is 5.92 Å². The van der Waals surface area contributed by atoms with Crippen molar-refractivity contribution < 1.29 is 4.79 Å². The molecular formula is C18H22N2O2. The summed E-state index contributed by atoms with van der Waals surface area (Å²) >= 11 is 0. The highest BCUT2D eigenvalue weighted by Crippen LogP contribution is 2.14. The Morgan fingerprint density at radius 3 is 2.36 bits per heavy atom. The number of pyridine rings is 1. The first kappa shape index (κ1) is 16.0. The molecule has 0 saturated carbocycles. The van der Waals surface area contributed by atoms with E-state index in [-0.39, 0.29) is 23.1 Å². The number of hydrogen-bond donors (Lipinski definition) is 2. The monoisotopic (exact) mass is 298 g/mol. The van der Waals surface area contributed by atoms with E-state index < -0.39 is 0 Å². The van der Waals surface area contributed by atoms with E-state index >= 15 is 0 Å². The molecule has 0 saturated heterocycles. The van der Waals surface area contributed by atoms with Crippen LogP contribution in [-0.4, -0.2) is 16.9 Å². The van der Waals surface area contributed by atoms with Crippen LogP contribution < -0.4 is 10.9 Å². The van der Waals surface area contributed by atoms with E-state index in [9.17, 15) is 9.59 Å². The molecule has 0 aliphatic heterocycles. The van der Waals surface area contributed by atoms with E-state index in [0.717, 1.165) is 12.0 Å². The van der Waals surface area contributed by atoms with Crippen LogP contribution in [0.4, 0.5) is 0 Å². The predicted octanol–water partition coefficient (Wildman–Crippen LogP) is 3.21. The fourth-order valence-corrected chi connectivity index (χ4v) is 2.51. The van der Waals surface area contributed by atoms with E-state index in [1.54, 1.807) is 12.1 Å². The minimum absolute atomic E-state index is 0.0423. The maximum atomic E-state index is 12.2. The predicted molar refractivity (Wildman–Crippen MR) is 88.9 cm³/mol. The highest BCUT2D eigenvalue weighted by Gasteiger charge is 2.14. The van der Waals surface area contributed by atoms with Gasteiger partial charge in [0.15, 0.2) is 0 Å². The number of benzene rings is 1. The van der Waals surface area contributed by atoms with Gasteiger partial charge < -0.3 is 10.3 Å². The SMILES string of the molecule is CC(C)C[C@H](C)NC(=O)c1ccc(-c2ccccc2)[nH]c1=O. The molecule has 2 N–H and O–H groups in total. The molecule has 0 aliphatic rings. The lowest BCUT2D eigenvalue weighted by Crippen LogP contribution is -2.36. The minimum Gasteiger partial charge on any atom is -0.349 e. The second kappa shape index (κ2) is 7.07. The van der Waals surface area contributed by atoms with Crippen LogP contribution in [0.25, 0.3) is 11.3 Å². The lowest BCUT2D eigenvalue weighted by Gasteiger charge is -2.15. The molecule has 1 aromatic carbocycles. The molecule has 4 nitrogen and oxygen atoms in total. The maximum absolute atomic E-state index is 12.2. The Kier molecular flexibility index (Phi) is 5.15. The fourth-order valence-electron chi connectivity index (χ4n) is 2.51. The third-order valence-corrected chi connectivity index (χ3v) is 3.44. The Hall–Kier alpha value is -2.36. The van der Waals surface area contributed by atoms with E-state index in [1.807, 2.05) is 37.3 Å². The van der Waals surface area contributed by atoms with Crippen LogP contribution in [0.5, 0.6) is 0 Å². The largest absolute Gasteiger partial charge is 0.349 e. The maximum Gasteiger partial charge on any atom is 0.261 e. The smallest absolute Gasteiger partial charge is 0.261 e. The quantitative estimate of drug-likeness (QED) is 0.890. The van der Waals surface area contributed by atoms with Crippen LogP contribution in [0.1, 0.15) is 37.6 Å². The van der Waals surface area contributed by atoms with Crippen molar-refractivity contribution >= 4 is 5.91 Å². The third kappa shape index (κ3) is 4.07. The molecule has 0 unspecified atom stereocenters. The highest BCUT2D eigenvalue weighted by molar-refractivity contribution is 5.94. The standard InChI is InChI=1S/C18H22N2O2/c1-12(2)11-13(3)19-17(21)15-9-10-16(20-18(15)22)14-7-5-4-6-8-14/h4-10,12-13H,11H2,1-3H3,(H,19,21)(H,20,22)/t13-/m0/s1. The number of nitrogens with one attached hydrogen (secondary N) is 2. The molecule has 0 aliphatic carbocycles. The highest BCUT2D eigenvalue weighted by atomic mass is 16.2. The third-order valence-electron chi connectivity index (χ3n) is 3.44. The van der Waals surface area contributed by atoms with Gasteiger partial charge in [-0.25, -0.2) is 0 Å².